The van der Waals surface area contributed by atoms with Gasteiger partial charge in [0.25, 0.3) is 5.91 Å². The molecule has 0 spiro atoms. The van der Waals surface area contributed by atoms with Gasteiger partial charge in [-0.2, -0.15) is 0 Å². The van der Waals surface area contributed by atoms with Crippen LogP contribution in [0.15, 0.2) is 78.9 Å². The zero-order valence-corrected chi connectivity index (χ0v) is 16.2. The number of benzene rings is 3. The summed E-state index contributed by atoms with van der Waals surface area (Å²) in [5.41, 5.74) is 2.38. The monoisotopic (exact) mass is 387 g/mol. The number of esters is 1. The fourth-order valence-electron chi connectivity index (χ4n) is 2.83. The van der Waals surface area contributed by atoms with Crippen LogP contribution in [0.5, 0.6) is 0 Å². The van der Waals surface area contributed by atoms with Gasteiger partial charge in [0.2, 0.25) is 0 Å². The van der Waals surface area contributed by atoms with Crippen molar-refractivity contribution >= 4 is 23.3 Å². The molecule has 0 heterocycles. The van der Waals surface area contributed by atoms with Gasteiger partial charge >= 0.3 is 5.97 Å². The number of ether oxygens (including phenoxy) is 1. The number of carbonyl (C=O) groups excluding carboxylic acids is 3. The third-order valence-corrected chi connectivity index (χ3v) is 4.48. The lowest BCUT2D eigenvalue weighted by Crippen LogP contribution is -2.30. The van der Waals surface area contributed by atoms with Gasteiger partial charge in [-0.05, 0) is 31.5 Å². The molecule has 0 saturated carbocycles. The molecule has 0 aliphatic carbocycles. The van der Waals surface area contributed by atoms with Gasteiger partial charge in [0.05, 0.1) is 5.56 Å². The Morgan fingerprint density at radius 2 is 1.38 bits per heavy atom. The molecule has 0 aliphatic rings. The Kier molecular flexibility index (Phi) is 6.19. The van der Waals surface area contributed by atoms with Crippen molar-refractivity contribution in [1.29, 1.82) is 0 Å². The van der Waals surface area contributed by atoms with E-state index >= 15 is 0 Å². The molecule has 1 amide bonds. The molecule has 0 aliphatic heterocycles. The maximum absolute atomic E-state index is 12.8. The number of anilines is 1. The summed E-state index contributed by atoms with van der Waals surface area (Å²) in [6, 6.07) is 22.4. The van der Waals surface area contributed by atoms with Crippen LogP contribution in [-0.4, -0.2) is 23.8 Å². The highest BCUT2D eigenvalue weighted by molar-refractivity contribution is 6.14. The molecule has 1 N–H and O–H groups in total. The first-order valence-electron chi connectivity index (χ1n) is 9.23. The van der Waals surface area contributed by atoms with Gasteiger partial charge in [0.1, 0.15) is 0 Å². The Hall–Kier alpha value is -3.73. The SMILES string of the molecule is Cc1ccccc1NC(=O)[C@@H](C)OC(=O)c1ccccc1C(=O)c1ccccc1. The molecule has 0 unspecified atom stereocenters. The van der Waals surface area contributed by atoms with Crippen LogP contribution in [0.3, 0.4) is 0 Å². The van der Waals surface area contributed by atoms with Gasteiger partial charge in [0.15, 0.2) is 11.9 Å². The van der Waals surface area contributed by atoms with E-state index in [1.165, 1.54) is 13.0 Å². The van der Waals surface area contributed by atoms with Gasteiger partial charge in [-0.15, -0.1) is 0 Å². The molecule has 5 heteroatoms. The Bertz CT molecular complexity index is 1040. The van der Waals surface area contributed by atoms with Crippen LogP contribution in [0.2, 0.25) is 0 Å². The molecule has 0 aromatic heterocycles. The number of hydrogen-bond acceptors (Lipinski definition) is 4. The van der Waals surface area contributed by atoms with Crippen LogP contribution in [0.1, 0.15) is 38.8 Å². The van der Waals surface area contributed by atoms with E-state index < -0.39 is 18.0 Å². The largest absolute Gasteiger partial charge is 0.449 e. The number of amides is 1. The normalized spacial score (nSPS) is 11.4. The number of nitrogens with one attached hydrogen (secondary N) is 1. The Labute approximate surface area is 169 Å². The lowest BCUT2D eigenvalue weighted by molar-refractivity contribution is -0.123. The van der Waals surface area contributed by atoms with E-state index in [1.807, 2.05) is 31.2 Å². The number of hydrogen-bond donors (Lipinski definition) is 1. The van der Waals surface area contributed by atoms with Gasteiger partial charge in [-0.3, -0.25) is 9.59 Å². The highest BCUT2D eigenvalue weighted by Crippen LogP contribution is 2.18. The number of ketones is 1. The molecular weight excluding hydrogens is 366 g/mol. The van der Waals surface area contributed by atoms with E-state index in [0.717, 1.165) is 5.56 Å². The van der Waals surface area contributed by atoms with Crippen molar-refractivity contribution in [2.24, 2.45) is 0 Å². The average molecular weight is 387 g/mol. The molecule has 0 saturated heterocycles. The molecule has 3 rings (SSSR count). The fourth-order valence-corrected chi connectivity index (χ4v) is 2.83. The molecule has 0 fully saturated rings. The minimum atomic E-state index is -1.03. The Balaban J connectivity index is 1.75. The molecule has 5 nitrogen and oxygen atoms in total. The van der Waals surface area contributed by atoms with Crippen LogP contribution < -0.4 is 5.32 Å². The van der Waals surface area contributed by atoms with E-state index in [-0.39, 0.29) is 16.9 Å². The highest BCUT2D eigenvalue weighted by atomic mass is 16.5. The molecule has 1 atom stereocenters. The van der Waals surface area contributed by atoms with Crippen molar-refractivity contribution in [3.63, 3.8) is 0 Å². The van der Waals surface area contributed by atoms with Gasteiger partial charge in [-0.25, -0.2) is 4.79 Å². The van der Waals surface area contributed by atoms with Crippen LogP contribution in [0, 0.1) is 6.92 Å². The first-order valence-corrected chi connectivity index (χ1v) is 9.23. The van der Waals surface area contributed by atoms with Gasteiger partial charge in [-0.1, -0.05) is 66.7 Å². The molecule has 3 aromatic carbocycles. The topological polar surface area (TPSA) is 72.5 Å². The van der Waals surface area contributed by atoms with E-state index in [9.17, 15) is 14.4 Å². The first-order chi connectivity index (χ1) is 14.0. The molecule has 146 valence electrons. The summed E-state index contributed by atoms with van der Waals surface area (Å²) >= 11 is 0. The minimum absolute atomic E-state index is 0.122. The second-order valence-corrected chi connectivity index (χ2v) is 6.59. The predicted octanol–water partition coefficient (Wildman–Crippen LogP) is 4.41. The quantitative estimate of drug-likeness (QED) is 0.502. The van der Waals surface area contributed by atoms with Crippen LogP contribution in [0.4, 0.5) is 5.69 Å². The van der Waals surface area contributed by atoms with Crippen LogP contribution in [-0.2, 0) is 9.53 Å². The molecule has 3 aromatic rings. The Morgan fingerprint density at radius 3 is 2.07 bits per heavy atom. The van der Waals surface area contributed by atoms with Crippen molar-refractivity contribution in [2.75, 3.05) is 5.32 Å². The maximum atomic E-state index is 12.8. The third-order valence-electron chi connectivity index (χ3n) is 4.48. The molecule has 0 radical (unpaired) electrons. The average Bonchev–Trinajstić information content (AvgIpc) is 2.75. The van der Waals surface area contributed by atoms with Crippen LogP contribution in [0.25, 0.3) is 0 Å². The lowest BCUT2D eigenvalue weighted by atomic mass is 9.98. The summed E-state index contributed by atoms with van der Waals surface area (Å²) in [6.45, 7) is 3.37. The third kappa shape index (κ3) is 4.76. The number of aryl methyl sites for hydroxylation is 1. The van der Waals surface area contributed by atoms with Crippen molar-refractivity contribution in [3.05, 3.63) is 101 Å². The standard InChI is InChI=1S/C24H21NO4/c1-16-10-6-9-15-21(16)25-23(27)17(2)29-24(28)20-14-8-7-13-19(20)22(26)18-11-4-3-5-12-18/h3-15,17H,1-2H3,(H,25,27)/t17-/m1/s1. The smallest absolute Gasteiger partial charge is 0.339 e. The number of rotatable bonds is 6. The number of carbonyl (C=O) groups is 3. The second kappa shape index (κ2) is 8.97. The van der Waals surface area contributed by atoms with E-state index in [1.54, 1.807) is 48.5 Å². The van der Waals surface area contributed by atoms with E-state index in [0.29, 0.717) is 11.3 Å². The summed E-state index contributed by atoms with van der Waals surface area (Å²) in [5, 5.41) is 2.75. The van der Waals surface area contributed by atoms with Crippen molar-refractivity contribution < 1.29 is 19.1 Å². The Morgan fingerprint density at radius 1 is 0.793 bits per heavy atom. The van der Waals surface area contributed by atoms with Crippen molar-refractivity contribution in [3.8, 4) is 0 Å². The zero-order chi connectivity index (χ0) is 20.8. The maximum Gasteiger partial charge on any atom is 0.339 e. The summed E-state index contributed by atoms with van der Waals surface area (Å²) in [4.78, 5) is 37.9. The summed E-state index contributed by atoms with van der Waals surface area (Å²) in [5.74, 6) is -1.45. The molecular formula is C24H21NO4. The number of para-hydroxylation sites is 1. The van der Waals surface area contributed by atoms with E-state index in [2.05, 4.69) is 5.32 Å². The lowest BCUT2D eigenvalue weighted by Gasteiger charge is -2.15. The zero-order valence-electron chi connectivity index (χ0n) is 16.2. The second-order valence-electron chi connectivity index (χ2n) is 6.59. The summed E-state index contributed by atoms with van der Waals surface area (Å²) in [7, 11) is 0. The minimum Gasteiger partial charge on any atom is -0.449 e. The fraction of sp³-hybridized carbons (Fsp3) is 0.125. The summed E-state index contributed by atoms with van der Waals surface area (Å²) in [6.07, 6.45) is -1.03. The molecule has 29 heavy (non-hydrogen) atoms. The van der Waals surface area contributed by atoms with Crippen molar-refractivity contribution in [1.82, 2.24) is 0 Å². The van der Waals surface area contributed by atoms with Crippen LogP contribution >= 0.6 is 0 Å². The predicted molar refractivity (Wildman–Crippen MR) is 111 cm³/mol. The van der Waals surface area contributed by atoms with Crippen molar-refractivity contribution in [2.45, 2.75) is 20.0 Å². The van der Waals surface area contributed by atoms with E-state index in [4.69, 9.17) is 4.74 Å². The molecule has 0 bridgehead atoms. The summed E-state index contributed by atoms with van der Waals surface area (Å²) < 4.78 is 5.33. The van der Waals surface area contributed by atoms with Gasteiger partial charge < -0.3 is 10.1 Å². The first kappa shape index (κ1) is 20.0. The highest BCUT2D eigenvalue weighted by Gasteiger charge is 2.23. The van der Waals surface area contributed by atoms with Gasteiger partial charge in [0, 0.05) is 16.8 Å².